The molecule has 0 amide bonds. The summed E-state index contributed by atoms with van der Waals surface area (Å²) in [5.74, 6) is 0.487. The van der Waals surface area contributed by atoms with Crippen LogP contribution in [0.15, 0.2) is 174 Å². The Hall–Kier alpha value is -7.16. The van der Waals surface area contributed by atoms with E-state index in [1.54, 1.807) is 24.3 Å². The molecular weight excluding hydrogens is 695 g/mol. The normalized spacial score (nSPS) is 13.1. The van der Waals surface area contributed by atoms with Gasteiger partial charge in [0.05, 0.1) is 17.3 Å². The molecule has 0 bridgehead atoms. The molecule has 0 aliphatic heterocycles. The number of hydrogen-bond donors (Lipinski definition) is 1. The molecule has 0 heterocycles. The number of anilines is 2. The van der Waals surface area contributed by atoms with Crippen LogP contribution in [0, 0.1) is 30.6 Å². The summed E-state index contributed by atoms with van der Waals surface area (Å²) in [5, 5.41) is 16.7. The Morgan fingerprint density at radius 1 is 0.772 bits per heavy atom. The van der Waals surface area contributed by atoms with E-state index in [9.17, 15) is 0 Å². The zero-order valence-electron chi connectivity index (χ0n) is 32.9. The van der Waals surface area contributed by atoms with Gasteiger partial charge in [-0.2, -0.15) is 5.26 Å². The van der Waals surface area contributed by atoms with Gasteiger partial charge in [0.15, 0.2) is 11.7 Å². The zero-order valence-corrected chi connectivity index (χ0v) is 32.9. The van der Waals surface area contributed by atoms with Crippen molar-refractivity contribution < 1.29 is 0 Å². The highest BCUT2D eigenvalue weighted by molar-refractivity contribution is 6.11. The fourth-order valence-corrected chi connectivity index (χ4v) is 8.10. The summed E-state index contributed by atoms with van der Waals surface area (Å²) in [5.41, 5.74) is 18.3. The highest BCUT2D eigenvalue weighted by Gasteiger charge is 2.43. The molecule has 57 heavy (non-hydrogen) atoms. The SMILES string of the molecule is C=C/C=C\C=C/N(c1ccc(C)cc1)c1c(C)c2c(c3c1Cc1ccccc1-3)C(C)(C)c1ccccc1-2.C=NC(=NC(=N)c1ccc(C#N)cc1)c1ccccc1. The fraction of sp³-hybridized carbons (Fsp3) is 0.115. The number of aliphatic imine (C=N–C) groups is 2. The number of hydrogen-bond acceptors (Lipinski definition) is 3. The maximum Gasteiger partial charge on any atom is 0.161 e. The first-order valence-corrected chi connectivity index (χ1v) is 19.1. The Morgan fingerprint density at radius 2 is 1.44 bits per heavy atom. The Bertz CT molecular complexity index is 2630. The van der Waals surface area contributed by atoms with Crippen LogP contribution in [-0.4, -0.2) is 18.4 Å². The second kappa shape index (κ2) is 16.3. The third kappa shape index (κ3) is 7.34. The molecule has 2 aliphatic carbocycles. The van der Waals surface area contributed by atoms with Crippen LogP contribution in [-0.2, 0) is 11.8 Å². The number of rotatable bonds is 7. The first-order valence-electron chi connectivity index (χ1n) is 19.1. The first-order chi connectivity index (χ1) is 27.7. The van der Waals surface area contributed by atoms with Gasteiger partial charge in [0, 0.05) is 34.9 Å². The van der Waals surface area contributed by atoms with Crippen molar-refractivity contribution in [2.75, 3.05) is 4.90 Å². The molecule has 6 aromatic rings. The van der Waals surface area contributed by atoms with E-state index < -0.39 is 0 Å². The van der Waals surface area contributed by atoms with E-state index in [2.05, 4.69) is 141 Å². The third-order valence-electron chi connectivity index (χ3n) is 10.8. The minimum absolute atomic E-state index is 0.0615. The summed E-state index contributed by atoms with van der Waals surface area (Å²) in [4.78, 5) is 10.4. The molecule has 1 N–H and O–H groups in total. The van der Waals surface area contributed by atoms with Crippen molar-refractivity contribution in [2.45, 2.75) is 39.5 Å². The predicted molar refractivity (Wildman–Crippen MR) is 239 cm³/mol. The lowest BCUT2D eigenvalue weighted by molar-refractivity contribution is 0.661. The molecular formula is C52H45N5. The number of amidine groups is 2. The Balaban J connectivity index is 0.000000210. The van der Waals surface area contributed by atoms with Gasteiger partial charge in [-0.1, -0.05) is 135 Å². The van der Waals surface area contributed by atoms with Crippen LogP contribution >= 0.6 is 0 Å². The average Bonchev–Trinajstić information content (AvgIpc) is 3.73. The maximum atomic E-state index is 8.74. The van der Waals surface area contributed by atoms with Crippen molar-refractivity contribution in [1.82, 2.24) is 0 Å². The molecule has 0 radical (unpaired) electrons. The van der Waals surface area contributed by atoms with Gasteiger partial charge >= 0.3 is 0 Å². The van der Waals surface area contributed by atoms with Crippen molar-refractivity contribution in [3.63, 3.8) is 0 Å². The molecule has 8 rings (SSSR count). The number of nitrogens with one attached hydrogen (secondary N) is 1. The molecule has 6 aromatic carbocycles. The van der Waals surface area contributed by atoms with Crippen molar-refractivity contribution in [1.29, 1.82) is 10.7 Å². The smallest absolute Gasteiger partial charge is 0.161 e. The van der Waals surface area contributed by atoms with Gasteiger partial charge < -0.3 is 4.90 Å². The summed E-state index contributed by atoms with van der Waals surface area (Å²) < 4.78 is 0. The number of benzene rings is 6. The topological polar surface area (TPSA) is 75.6 Å². The van der Waals surface area contributed by atoms with E-state index in [1.807, 2.05) is 54.6 Å². The monoisotopic (exact) mass is 739 g/mol. The van der Waals surface area contributed by atoms with Gasteiger partial charge in [0.1, 0.15) is 0 Å². The number of allylic oxidation sites excluding steroid dienone is 4. The Morgan fingerprint density at radius 3 is 2.12 bits per heavy atom. The molecule has 0 unspecified atom stereocenters. The van der Waals surface area contributed by atoms with Crippen molar-refractivity contribution in [3.8, 4) is 28.3 Å². The van der Waals surface area contributed by atoms with E-state index >= 15 is 0 Å². The minimum atomic E-state index is -0.0615. The van der Waals surface area contributed by atoms with E-state index in [0.717, 1.165) is 12.0 Å². The Labute approximate surface area is 336 Å². The van der Waals surface area contributed by atoms with Gasteiger partial charge in [0.2, 0.25) is 0 Å². The van der Waals surface area contributed by atoms with Crippen LogP contribution in [0.1, 0.15) is 63.9 Å². The molecule has 0 saturated carbocycles. The number of fused-ring (bicyclic) bond motifs is 7. The molecule has 0 fully saturated rings. The van der Waals surface area contributed by atoms with E-state index in [0.29, 0.717) is 17.0 Å². The van der Waals surface area contributed by atoms with Crippen molar-refractivity contribution >= 4 is 29.8 Å². The predicted octanol–water partition coefficient (Wildman–Crippen LogP) is 12.6. The highest BCUT2D eigenvalue weighted by Crippen LogP contribution is 2.59. The number of nitriles is 1. The van der Waals surface area contributed by atoms with Crippen LogP contribution in [0.25, 0.3) is 22.3 Å². The standard InChI is InChI=1S/C36H33N.C16H12N4/c1-6-7-8-13-22-37(27-20-18-24(2)19-21-27)35-25(3)32-29-16-11-12-17-31(29)36(4,5)34(32)33-28-15-10-9-14-26(28)23-30(33)35;1-19-16(14-5-3-2-4-6-14)20-15(18)13-9-7-12(11-17)8-10-13/h6-22H,1,23H2,2-5H3;2-10,18H,1H2/b8-7-,22-13-;. The fourth-order valence-electron chi connectivity index (χ4n) is 8.10. The highest BCUT2D eigenvalue weighted by atomic mass is 15.1. The van der Waals surface area contributed by atoms with Gasteiger partial charge in [-0.25, -0.2) is 9.98 Å². The lowest BCUT2D eigenvalue weighted by Crippen LogP contribution is -2.19. The van der Waals surface area contributed by atoms with Crippen LogP contribution in [0.5, 0.6) is 0 Å². The second-order valence-corrected chi connectivity index (χ2v) is 14.7. The average molecular weight is 740 g/mol. The van der Waals surface area contributed by atoms with Gasteiger partial charge in [-0.15, -0.1) is 0 Å². The van der Waals surface area contributed by atoms with Gasteiger partial charge in [-0.05, 0) is 113 Å². The molecule has 0 atom stereocenters. The lowest BCUT2D eigenvalue weighted by Gasteiger charge is -2.31. The number of aryl methyl sites for hydroxylation is 1. The summed E-state index contributed by atoms with van der Waals surface area (Å²) >= 11 is 0. The number of nitrogens with zero attached hydrogens (tertiary/aromatic N) is 4. The van der Waals surface area contributed by atoms with Gasteiger partial charge in [0.25, 0.3) is 0 Å². The van der Waals surface area contributed by atoms with E-state index in [-0.39, 0.29) is 11.3 Å². The van der Waals surface area contributed by atoms with E-state index in [4.69, 9.17) is 10.7 Å². The quantitative estimate of drug-likeness (QED) is 0.100. The molecule has 0 saturated heterocycles. The summed E-state index contributed by atoms with van der Waals surface area (Å²) in [6, 6.07) is 44.9. The maximum absolute atomic E-state index is 8.74. The van der Waals surface area contributed by atoms with Crippen molar-refractivity contribution in [2.24, 2.45) is 9.98 Å². The van der Waals surface area contributed by atoms with E-state index in [1.165, 1.54) is 67.0 Å². The molecule has 278 valence electrons. The van der Waals surface area contributed by atoms with Crippen LogP contribution in [0.2, 0.25) is 0 Å². The molecule has 5 heteroatoms. The zero-order chi connectivity index (χ0) is 40.1. The largest absolute Gasteiger partial charge is 0.317 e. The molecule has 0 aromatic heterocycles. The van der Waals surface area contributed by atoms with Crippen LogP contribution < -0.4 is 4.90 Å². The summed E-state index contributed by atoms with van der Waals surface area (Å²) in [7, 11) is 0. The van der Waals surface area contributed by atoms with Crippen LogP contribution in [0.3, 0.4) is 0 Å². The lowest BCUT2D eigenvalue weighted by atomic mass is 9.77. The van der Waals surface area contributed by atoms with Gasteiger partial charge in [-0.3, -0.25) is 5.41 Å². The molecule has 2 aliphatic rings. The minimum Gasteiger partial charge on any atom is -0.317 e. The van der Waals surface area contributed by atoms with Crippen molar-refractivity contribution in [3.05, 3.63) is 215 Å². The Kier molecular flexibility index (Phi) is 10.9. The molecule has 0 spiro atoms. The molecule has 5 nitrogen and oxygen atoms in total. The second-order valence-electron chi connectivity index (χ2n) is 14.7. The third-order valence-corrected chi connectivity index (χ3v) is 10.8. The summed E-state index contributed by atoms with van der Waals surface area (Å²) in [6.45, 7) is 16.6. The first kappa shape index (κ1) is 38.1. The summed E-state index contributed by atoms with van der Waals surface area (Å²) in [6.07, 6.45) is 11.1. The van der Waals surface area contributed by atoms with Crippen LogP contribution in [0.4, 0.5) is 11.4 Å².